The van der Waals surface area contributed by atoms with Crippen LogP contribution in [0.5, 0.6) is 0 Å². The van der Waals surface area contributed by atoms with Crippen LogP contribution in [-0.4, -0.2) is 107 Å². The van der Waals surface area contributed by atoms with Crippen LogP contribution in [0, 0.1) is 0 Å². The zero-order valence-corrected chi connectivity index (χ0v) is 52.8. The molecule has 1 heterocycles. The fraction of sp³-hybridized carbons (Fsp3) is 0.776. The molecule has 17 heteroatoms. The number of Topliss-reactive ketones (excluding diaryl/α,β-unsaturated/α-hetero) is 1. The first-order valence-electron chi connectivity index (χ1n) is 33.8. The normalized spacial score (nSPS) is 13.7. The molecule has 84 heavy (non-hydrogen) atoms. The van der Waals surface area contributed by atoms with Crippen LogP contribution in [0.2, 0.25) is 0 Å². The van der Waals surface area contributed by atoms with E-state index in [4.69, 9.17) is 28.7 Å². The SMILES string of the molecule is CCCCCCCCCCCCCCCC(=O)N(C(=O)[C@H](CCCCN)NC(=O)[C@H](CCCCN)NC(=O)[C@H](Cc1c[nH]c2ccccc12)NC(=O)[C@@H](N)CCCCN)[C@](C=O)(CCCCN)C(=O)CCCCCCCCCCCCCCC. The van der Waals surface area contributed by atoms with Crippen molar-refractivity contribution in [2.45, 2.75) is 307 Å². The lowest BCUT2D eigenvalue weighted by Crippen LogP contribution is -2.65. The maximum Gasteiger partial charge on any atom is 0.253 e. The van der Waals surface area contributed by atoms with Crippen molar-refractivity contribution in [1.29, 1.82) is 0 Å². The van der Waals surface area contributed by atoms with Crippen LogP contribution in [0.1, 0.15) is 276 Å². The van der Waals surface area contributed by atoms with E-state index in [0.717, 1.165) is 72.7 Å². The Morgan fingerprint density at radius 2 is 0.917 bits per heavy atom. The molecule has 0 unspecified atom stereocenters. The number of carbonyl (C=O) groups excluding carboxylic acids is 7. The van der Waals surface area contributed by atoms with E-state index < -0.39 is 65.0 Å². The van der Waals surface area contributed by atoms with Crippen molar-refractivity contribution in [3.63, 3.8) is 0 Å². The molecule has 0 fully saturated rings. The second kappa shape index (κ2) is 48.6. The molecule has 1 aromatic heterocycles. The summed E-state index contributed by atoms with van der Waals surface area (Å²) in [6, 6.07) is 2.93. The zero-order valence-electron chi connectivity index (χ0n) is 52.8. The summed E-state index contributed by atoms with van der Waals surface area (Å²) in [6.07, 6.45) is 35.4. The highest BCUT2D eigenvalue weighted by Gasteiger charge is 2.50. The van der Waals surface area contributed by atoms with E-state index in [1.807, 2.05) is 24.3 Å². The van der Waals surface area contributed by atoms with E-state index in [0.29, 0.717) is 96.5 Å². The topological polar surface area (TPSA) is 305 Å². The number of para-hydroxylation sites is 1. The van der Waals surface area contributed by atoms with Crippen LogP contribution in [0.15, 0.2) is 30.5 Å². The fourth-order valence-corrected chi connectivity index (χ4v) is 11.4. The number of aromatic amines is 1. The molecule has 2 rings (SSSR count). The van der Waals surface area contributed by atoms with Crippen LogP contribution in [0.3, 0.4) is 0 Å². The number of H-pyrrole nitrogens is 1. The maximum atomic E-state index is 15.6. The number of nitrogens with zero attached hydrogens (tertiary/aromatic N) is 1. The van der Waals surface area contributed by atoms with Crippen molar-refractivity contribution in [3.8, 4) is 0 Å². The molecule has 0 aliphatic heterocycles. The Balaban J connectivity index is 2.52. The Morgan fingerprint density at radius 1 is 0.500 bits per heavy atom. The average Bonchev–Trinajstić information content (AvgIpc) is 3.19. The van der Waals surface area contributed by atoms with Gasteiger partial charge >= 0.3 is 0 Å². The number of fused-ring (bicyclic) bond motifs is 1. The minimum absolute atomic E-state index is 0.00321. The number of hydrogen-bond acceptors (Lipinski definition) is 12. The molecular formula is C67H120N10O7. The summed E-state index contributed by atoms with van der Waals surface area (Å²) in [7, 11) is 0. The van der Waals surface area contributed by atoms with Gasteiger partial charge in [0.1, 0.15) is 18.1 Å². The average molecular weight is 1180 g/mol. The van der Waals surface area contributed by atoms with E-state index in [1.165, 1.54) is 103 Å². The highest BCUT2D eigenvalue weighted by molar-refractivity contribution is 6.13. The van der Waals surface area contributed by atoms with Crippen molar-refractivity contribution >= 4 is 52.5 Å². The van der Waals surface area contributed by atoms with E-state index in [-0.39, 0.29) is 45.1 Å². The third-order valence-corrected chi connectivity index (χ3v) is 16.7. The molecule has 0 aliphatic rings. The predicted octanol–water partition coefficient (Wildman–Crippen LogP) is 10.8. The first kappa shape index (κ1) is 75.5. The Kier molecular flexibility index (Phi) is 43.7. The number of imide groups is 1. The van der Waals surface area contributed by atoms with E-state index in [1.54, 1.807) is 6.20 Å². The van der Waals surface area contributed by atoms with Gasteiger partial charge in [-0.05, 0) is 121 Å². The number of hydrogen-bond donors (Lipinski definition) is 9. The number of aldehydes is 1. The number of ketones is 1. The van der Waals surface area contributed by atoms with Crippen LogP contribution < -0.4 is 44.6 Å². The molecular weight excluding hydrogens is 1060 g/mol. The molecule has 0 bridgehead atoms. The number of nitrogens with two attached hydrogens (primary N) is 5. The fourth-order valence-electron chi connectivity index (χ4n) is 11.4. The second-order valence-corrected chi connectivity index (χ2v) is 24.0. The minimum atomic E-state index is -2.12. The highest BCUT2D eigenvalue weighted by atomic mass is 16.2. The standard InChI is InChI=1S/C67H120N10O7/c1-3-5-7-9-11-13-15-17-19-21-23-25-27-44-61(79)67(53-78,46-34-38-50-71)77(62(80)45-28-26-24-22-20-18-16-14-12-10-8-6-4-2)66(84)59(43-33-37-49-70)75-64(82)58(42-32-36-48-69)74-65(83)60(76-63(81)56(72)40-31-35-47-68)51-54-52-73-57-41-30-29-39-55(54)57/h29-30,39,41,52-53,56,58-60,73H,3-28,31-38,40,42-51,68-72H2,1-2H3,(H,74,83)(H,75,82)(H,76,81)/t56-,58-,59-,60-,67-/m0/s1. The Labute approximate surface area is 507 Å². The summed E-state index contributed by atoms with van der Waals surface area (Å²) in [6.45, 7) is 5.82. The molecule has 5 amide bonds. The number of aromatic nitrogens is 1. The minimum Gasteiger partial charge on any atom is -0.361 e. The number of benzene rings is 1. The van der Waals surface area contributed by atoms with Gasteiger partial charge in [0.2, 0.25) is 23.6 Å². The van der Waals surface area contributed by atoms with Crippen LogP contribution in [0.25, 0.3) is 10.9 Å². The molecule has 0 saturated heterocycles. The second-order valence-electron chi connectivity index (χ2n) is 24.0. The Bertz CT molecular complexity index is 2090. The number of carbonyl (C=O) groups is 7. The first-order chi connectivity index (χ1) is 40.9. The van der Waals surface area contributed by atoms with E-state index in [2.05, 4.69) is 34.8 Å². The Hall–Kier alpha value is -4.55. The summed E-state index contributed by atoms with van der Waals surface area (Å²) in [5.41, 5.74) is 29.4. The van der Waals surface area contributed by atoms with Gasteiger partial charge in [0.25, 0.3) is 5.91 Å². The van der Waals surface area contributed by atoms with Gasteiger partial charge in [-0.25, -0.2) is 0 Å². The third kappa shape index (κ3) is 30.7. The zero-order chi connectivity index (χ0) is 61.5. The van der Waals surface area contributed by atoms with Crippen molar-refractivity contribution in [3.05, 3.63) is 36.0 Å². The summed E-state index contributed by atoms with van der Waals surface area (Å²) in [5.74, 6) is -3.85. The molecule has 17 nitrogen and oxygen atoms in total. The van der Waals surface area contributed by atoms with Crippen molar-refractivity contribution in [1.82, 2.24) is 25.8 Å². The van der Waals surface area contributed by atoms with E-state index in [9.17, 15) is 24.0 Å². The lowest BCUT2D eigenvalue weighted by Gasteiger charge is -2.40. The lowest BCUT2D eigenvalue weighted by molar-refractivity contribution is -0.162. The summed E-state index contributed by atoms with van der Waals surface area (Å²) < 4.78 is 0. The molecule has 0 aliphatic carbocycles. The maximum absolute atomic E-state index is 15.6. The molecule has 1 aromatic carbocycles. The summed E-state index contributed by atoms with van der Waals surface area (Å²) >= 11 is 0. The molecule has 2 aromatic rings. The molecule has 0 saturated carbocycles. The van der Waals surface area contributed by atoms with Gasteiger partial charge < -0.3 is 54.4 Å². The first-order valence-corrected chi connectivity index (χ1v) is 33.8. The van der Waals surface area contributed by atoms with Crippen molar-refractivity contribution in [2.24, 2.45) is 28.7 Å². The predicted molar refractivity (Wildman–Crippen MR) is 344 cm³/mol. The monoisotopic (exact) mass is 1180 g/mol. The van der Waals surface area contributed by atoms with Crippen molar-refractivity contribution in [2.75, 3.05) is 26.2 Å². The van der Waals surface area contributed by atoms with E-state index >= 15 is 9.59 Å². The van der Waals surface area contributed by atoms with Gasteiger partial charge in [-0.1, -0.05) is 193 Å². The number of unbranched alkanes of at least 4 members (excludes halogenated alkanes) is 28. The molecule has 0 spiro atoms. The van der Waals surface area contributed by atoms with Gasteiger partial charge in [0.05, 0.1) is 6.04 Å². The Morgan fingerprint density at radius 3 is 1.42 bits per heavy atom. The lowest BCUT2D eigenvalue weighted by atomic mass is 9.83. The third-order valence-electron chi connectivity index (χ3n) is 16.7. The number of rotatable bonds is 56. The summed E-state index contributed by atoms with van der Waals surface area (Å²) in [5, 5.41) is 9.55. The van der Waals surface area contributed by atoms with Crippen LogP contribution in [-0.2, 0) is 40.0 Å². The van der Waals surface area contributed by atoms with Crippen LogP contribution in [0.4, 0.5) is 0 Å². The summed E-state index contributed by atoms with van der Waals surface area (Å²) in [4.78, 5) is 107. The number of amides is 5. The smallest absolute Gasteiger partial charge is 0.253 e. The molecule has 5 atom stereocenters. The largest absolute Gasteiger partial charge is 0.361 e. The van der Waals surface area contributed by atoms with Gasteiger partial charge in [0, 0.05) is 36.4 Å². The van der Waals surface area contributed by atoms with Gasteiger partial charge in [-0.15, -0.1) is 0 Å². The van der Waals surface area contributed by atoms with Gasteiger partial charge in [0.15, 0.2) is 17.6 Å². The quantitative estimate of drug-likeness (QED) is 0.0170. The van der Waals surface area contributed by atoms with Gasteiger partial charge in [-0.3, -0.25) is 33.7 Å². The molecule has 14 N–H and O–H groups in total. The highest BCUT2D eigenvalue weighted by Crippen LogP contribution is 2.29. The number of nitrogens with one attached hydrogen (secondary N) is 4. The van der Waals surface area contributed by atoms with Crippen LogP contribution >= 0.6 is 0 Å². The van der Waals surface area contributed by atoms with Crippen molar-refractivity contribution < 1.29 is 33.6 Å². The molecule has 480 valence electrons. The molecule has 0 radical (unpaired) electrons. The van der Waals surface area contributed by atoms with Gasteiger partial charge in [-0.2, -0.15) is 0 Å².